The number of carbonyl (C=O) groups is 1. The Hall–Kier alpha value is -0.330. The van der Waals surface area contributed by atoms with Crippen LogP contribution >= 0.6 is 35.0 Å². The smallest absolute Gasteiger partial charge is 0.252 e. The van der Waals surface area contributed by atoms with Crippen molar-refractivity contribution in [2.45, 2.75) is 25.8 Å². The largest absolute Gasteiger partial charge is 0.349 e. The highest BCUT2D eigenvalue weighted by atomic mass is 127. The van der Waals surface area contributed by atoms with Gasteiger partial charge in [-0.25, -0.2) is 0 Å². The van der Waals surface area contributed by atoms with Crippen LogP contribution < -0.4 is 10.6 Å². The van der Waals surface area contributed by atoms with Crippen LogP contribution in [-0.2, 0) is 0 Å². The Morgan fingerprint density at radius 2 is 2.06 bits per heavy atom. The van der Waals surface area contributed by atoms with E-state index in [1.165, 1.54) is 0 Å². The molecule has 2 N–H and O–H groups in total. The molecule has 1 saturated heterocycles. The van der Waals surface area contributed by atoms with E-state index in [-0.39, 0.29) is 18.3 Å². The van der Waals surface area contributed by atoms with Gasteiger partial charge in [0, 0.05) is 9.61 Å². The van der Waals surface area contributed by atoms with E-state index in [1.54, 1.807) is 0 Å². The summed E-state index contributed by atoms with van der Waals surface area (Å²) in [4.78, 5) is 12.1. The zero-order chi connectivity index (χ0) is 12.3. The maximum Gasteiger partial charge on any atom is 0.252 e. The normalized spacial score (nSPS) is 15.9. The van der Waals surface area contributed by atoms with E-state index in [4.69, 9.17) is 0 Å². The summed E-state index contributed by atoms with van der Waals surface area (Å²) in [7, 11) is 0. The molecule has 0 atom stereocenters. The Labute approximate surface area is 128 Å². The van der Waals surface area contributed by atoms with Gasteiger partial charge in [-0.15, -0.1) is 12.4 Å². The van der Waals surface area contributed by atoms with Gasteiger partial charge in [0.25, 0.3) is 5.91 Å². The fourth-order valence-electron chi connectivity index (χ4n) is 2.04. The first-order valence-electron chi connectivity index (χ1n) is 5.94. The molecular formula is C13H18ClIN2O. The van der Waals surface area contributed by atoms with Gasteiger partial charge in [-0.05, 0) is 67.6 Å². The third-order valence-corrected chi connectivity index (χ3v) is 3.98. The van der Waals surface area contributed by atoms with Gasteiger partial charge in [-0.2, -0.15) is 0 Å². The molecule has 2 rings (SSSR count). The quantitative estimate of drug-likeness (QED) is 0.774. The van der Waals surface area contributed by atoms with E-state index in [1.807, 2.05) is 25.1 Å². The molecule has 3 nitrogen and oxygen atoms in total. The lowest BCUT2D eigenvalue weighted by molar-refractivity contribution is 0.0928. The lowest BCUT2D eigenvalue weighted by Crippen LogP contribution is -2.42. The molecular weight excluding hydrogens is 363 g/mol. The Kier molecular flexibility index (Phi) is 6.38. The van der Waals surface area contributed by atoms with E-state index >= 15 is 0 Å². The predicted octanol–water partition coefficient (Wildman–Crippen LogP) is 2.50. The van der Waals surface area contributed by atoms with E-state index in [9.17, 15) is 4.79 Å². The summed E-state index contributed by atoms with van der Waals surface area (Å²) >= 11 is 2.21. The molecule has 1 amide bonds. The van der Waals surface area contributed by atoms with E-state index in [0.29, 0.717) is 6.04 Å². The number of amides is 1. The molecule has 1 heterocycles. The summed E-state index contributed by atoms with van der Waals surface area (Å²) < 4.78 is 1.01. The minimum Gasteiger partial charge on any atom is -0.349 e. The lowest BCUT2D eigenvalue weighted by atomic mass is 10.1. The first-order valence-corrected chi connectivity index (χ1v) is 7.02. The van der Waals surface area contributed by atoms with Crippen molar-refractivity contribution in [2.75, 3.05) is 13.1 Å². The number of hydrogen-bond donors (Lipinski definition) is 2. The molecule has 0 radical (unpaired) electrons. The van der Waals surface area contributed by atoms with Crippen LogP contribution in [0.15, 0.2) is 18.2 Å². The molecule has 0 aliphatic carbocycles. The molecule has 0 saturated carbocycles. The van der Waals surface area contributed by atoms with Gasteiger partial charge in [0.1, 0.15) is 0 Å². The standard InChI is InChI=1S/C13H17IN2O.ClH/c1-9-2-3-12(14)11(8-9)13(17)16-10-4-6-15-7-5-10;/h2-3,8,10,15H,4-7H2,1H3,(H,16,17);1H. The van der Waals surface area contributed by atoms with Crippen molar-refractivity contribution in [3.8, 4) is 0 Å². The number of nitrogens with one attached hydrogen (secondary N) is 2. The molecule has 5 heteroatoms. The second kappa shape index (κ2) is 7.31. The Bertz CT molecular complexity index is 419. The van der Waals surface area contributed by atoms with Crippen molar-refractivity contribution in [1.82, 2.24) is 10.6 Å². The van der Waals surface area contributed by atoms with Crippen LogP contribution in [0.4, 0.5) is 0 Å². The molecule has 1 aromatic carbocycles. The number of aryl methyl sites for hydroxylation is 1. The van der Waals surface area contributed by atoms with Crippen molar-refractivity contribution in [1.29, 1.82) is 0 Å². The zero-order valence-electron chi connectivity index (χ0n) is 10.3. The minimum absolute atomic E-state index is 0. The SMILES string of the molecule is Cc1ccc(I)c(C(=O)NC2CCNCC2)c1.Cl. The second-order valence-corrected chi connectivity index (χ2v) is 5.64. The molecule has 0 spiro atoms. The van der Waals surface area contributed by atoms with Gasteiger partial charge in [0.05, 0.1) is 5.56 Å². The van der Waals surface area contributed by atoms with Crippen LogP contribution in [0, 0.1) is 10.5 Å². The molecule has 100 valence electrons. The van der Waals surface area contributed by atoms with Crippen LogP contribution in [0.2, 0.25) is 0 Å². The third-order valence-electron chi connectivity index (χ3n) is 3.04. The molecule has 1 aromatic rings. The minimum atomic E-state index is 0. The van der Waals surface area contributed by atoms with Crippen molar-refractivity contribution in [3.05, 3.63) is 32.9 Å². The van der Waals surface area contributed by atoms with Gasteiger partial charge < -0.3 is 10.6 Å². The van der Waals surface area contributed by atoms with Crippen LogP contribution in [0.5, 0.6) is 0 Å². The topological polar surface area (TPSA) is 41.1 Å². The molecule has 0 bridgehead atoms. The first-order chi connectivity index (χ1) is 8.16. The number of rotatable bonds is 2. The van der Waals surface area contributed by atoms with Gasteiger partial charge in [-0.3, -0.25) is 4.79 Å². The molecule has 1 fully saturated rings. The average Bonchev–Trinajstić information content (AvgIpc) is 2.33. The number of carbonyl (C=O) groups excluding carboxylic acids is 1. The third kappa shape index (κ3) is 4.10. The molecule has 1 aliphatic heterocycles. The average molecular weight is 381 g/mol. The number of benzene rings is 1. The van der Waals surface area contributed by atoms with E-state index in [0.717, 1.165) is 40.6 Å². The summed E-state index contributed by atoms with van der Waals surface area (Å²) in [6, 6.07) is 6.30. The van der Waals surface area contributed by atoms with Gasteiger partial charge >= 0.3 is 0 Å². The van der Waals surface area contributed by atoms with Crippen LogP contribution in [0.1, 0.15) is 28.8 Å². The highest BCUT2D eigenvalue weighted by Crippen LogP contribution is 2.15. The van der Waals surface area contributed by atoms with Gasteiger partial charge in [0.2, 0.25) is 0 Å². The maximum absolute atomic E-state index is 12.1. The molecule has 18 heavy (non-hydrogen) atoms. The fraction of sp³-hybridized carbons (Fsp3) is 0.462. The Morgan fingerprint density at radius 1 is 1.39 bits per heavy atom. The highest BCUT2D eigenvalue weighted by molar-refractivity contribution is 14.1. The van der Waals surface area contributed by atoms with Crippen molar-refractivity contribution < 1.29 is 4.79 Å². The first kappa shape index (κ1) is 15.7. The van der Waals surface area contributed by atoms with Gasteiger partial charge in [0.15, 0.2) is 0 Å². The van der Waals surface area contributed by atoms with Crippen molar-refractivity contribution in [3.63, 3.8) is 0 Å². The number of hydrogen-bond acceptors (Lipinski definition) is 2. The summed E-state index contributed by atoms with van der Waals surface area (Å²) in [6.45, 7) is 4.00. The summed E-state index contributed by atoms with van der Waals surface area (Å²) in [6.07, 6.45) is 2.04. The van der Waals surface area contributed by atoms with Crippen LogP contribution in [0.3, 0.4) is 0 Å². The second-order valence-electron chi connectivity index (χ2n) is 4.48. The number of halogens is 2. The zero-order valence-corrected chi connectivity index (χ0v) is 13.3. The van der Waals surface area contributed by atoms with Crippen molar-refractivity contribution in [2.24, 2.45) is 0 Å². The highest BCUT2D eigenvalue weighted by Gasteiger charge is 2.17. The molecule has 0 aromatic heterocycles. The van der Waals surface area contributed by atoms with Crippen LogP contribution in [-0.4, -0.2) is 25.0 Å². The monoisotopic (exact) mass is 380 g/mol. The summed E-state index contributed by atoms with van der Waals surface area (Å²) in [5, 5.41) is 6.41. The van der Waals surface area contributed by atoms with E-state index < -0.39 is 0 Å². The lowest BCUT2D eigenvalue weighted by Gasteiger charge is -2.23. The van der Waals surface area contributed by atoms with Crippen LogP contribution in [0.25, 0.3) is 0 Å². The summed E-state index contributed by atoms with van der Waals surface area (Å²) in [5.41, 5.74) is 1.92. The molecule has 0 unspecified atom stereocenters. The summed E-state index contributed by atoms with van der Waals surface area (Å²) in [5.74, 6) is 0.0602. The number of piperidine rings is 1. The predicted molar refractivity (Wildman–Crippen MR) is 84.5 cm³/mol. The molecule has 1 aliphatic rings. The van der Waals surface area contributed by atoms with E-state index in [2.05, 4.69) is 33.2 Å². The Morgan fingerprint density at radius 3 is 2.72 bits per heavy atom. The van der Waals surface area contributed by atoms with Crippen molar-refractivity contribution >= 4 is 40.9 Å². The maximum atomic E-state index is 12.1. The van der Waals surface area contributed by atoms with Gasteiger partial charge in [-0.1, -0.05) is 11.6 Å². The Balaban J connectivity index is 0.00000162. The fourth-order valence-corrected chi connectivity index (χ4v) is 2.62.